The predicted octanol–water partition coefficient (Wildman–Crippen LogP) is 2.09. The van der Waals surface area contributed by atoms with E-state index in [4.69, 9.17) is 9.84 Å². The molecule has 2 atom stereocenters. The molecule has 0 radical (unpaired) electrons. The Morgan fingerprint density at radius 1 is 1.38 bits per heavy atom. The summed E-state index contributed by atoms with van der Waals surface area (Å²) in [4.78, 5) is 25.0. The molecule has 1 heterocycles. The van der Waals surface area contributed by atoms with Crippen LogP contribution >= 0.6 is 0 Å². The van der Waals surface area contributed by atoms with Crippen molar-refractivity contribution in [3.8, 4) is 0 Å². The van der Waals surface area contributed by atoms with Crippen molar-refractivity contribution in [2.75, 3.05) is 20.3 Å². The van der Waals surface area contributed by atoms with E-state index in [0.29, 0.717) is 19.6 Å². The molecule has 0 bridgehead atoms. The average molecular weight is 300 g/mol. The summed E-state index contributed by atoms with van der Waals surface area (Å²) in [5.74, 6) is -0.517. The molecule has 0 aromatic carbocycles. The molecule has 2 N–H and O–H groups in total. The third-order valence-electron chi connectivity index (χ3n) is 4.04. The molecule has 122 valence electrons. The Bertz CT molecular complexity index is 347. The predicted molar refractivity (Wildman–Crippen MR) is 80.2 cm³/mol. The second-order valence-electron chi connectivity index (χ2n) is 6.03. The zero-order valence-electron chi connectivity index (χ0n) is 13.3. The van der Waals surface area contributed by atoms with Crippen molar-refractivity contribution in [1.29, 1.82) is 0 Å². The number of hydrogen-bond donors (Lipinski definition) is 2. The number of amides is 2. The lowest BCUT2D eigenvalue weighted by Gasteiger charge is -2.37. The number of methoxy groups -OCH3 is 1. The Balaban J connectivity index is 2.60. The molecule has 0 aromatic heterocycles. The zero-order valence-corrected chi connectivity index (χ0v) is 13.3. The van der Waals surface area contributed by atoms with Gasteiger partial charge in [-0.2, -0.15) is 0 Å². The Morgan fingerprint density at radius 2 is 2.10 bits per heavy atom. The number of piperidine rings is 1. The van der Waals surface area contributed by atoms with E-state index in [-0.39, 0.29) is 30.5 Å². The topological polar surface area (TPSA) is 78.9 Å². The monoisotopic (exact) mass is 300 g/mol. The average Bonchev–Trinajstić information content (AvgIpc) is 2.44. The molecule has 1 aliphatic heterocycles. The molecule has 0 aliphatic carbocycles. The minimum atomic E-state index is -0.805. The third-order valence-corrected chi connectivity index (χ3v) is 4.04. The first-order chi connectivity index (χ1) is 9.95. The Kier molecular flexibility index (Phi) is 7.50. The van der Waals surface area contributed by atoms with Gasteiger partial charge in [0.1, 0.15) is 0 Å². The number of carbonyl (C=O) groups excluding carboxylic acids is 1. The maximum Gasteiger partial charge on any atom is 0.317 e. The standard InChI is InChI=1S/C15H28N2O4/c1-11(2)13(10-21-3)16-15(20)17-9-5-4-6-12(17)7-8-14(18)19/h11-13H,4-10H2,1-3H3,(H,16,20)(H,18,19). The van der Waals surface area contributed by atoms with Crippen LogP contribution < -0.4 is 5.32 Å². The maximum absolute atomic E-state index is 12.5. The van der Waals surface area contributed by atoms with Gasteiger partial charge >= 0.3 is 12.0 Å². The molecule has 21 heavy (non-hydrogen) atoms. The summed E-state index contributed by atoms with van der Waals surface area (Å²) >= 11 is 0. The van der Waals surface area contributed by atoms with Crippen LogP contribution in [0, 0.1) is 5.92 Å². The molecule has 1 fully saturated rings. The molecule has 0 spiro atoms. The fourth-order valence-electron chi connectivity index (χ4n) is 2.68. The minimum absolute atomic E-state index is 0.0236. The first kappa shape index (κ1) is 17.8. The molecule has 6 heteroatoms. The molecule has 1 saturated heterocycles. The molecule has 2 unspecified atom stereocenters. The number of carboxylic acid groups (broad SMARTS) is 1. The molecule has 1 rings (SSSR count). The van der Waals surface area contributed by atoms with E-state index in [1.54, 1.807) is 12.0 Å². The SMILES string of the molecule is COCC(NC(=O)N1CCCCC1CCC(=O)O)C(C)C. The number of nitrogens with one attached hydrogen (secondary N) is 1. The van der Waals surface area contributed by atoms with Crippen molar-refractivity contribution in [1.82, 2.24) is 10.2 Å². The molecule has 6 nitrogen and oxygen atoms in total. The number of carbonyl (C=O) groups is 2. The third kappa shape index (κ3) is 5.91. The van der Waals surface area contributed by atoms with Crippen LogP contribution in [0.15, 0.2) is 0 Å². The van der Waals surface area contributed by atoms with Gasteiger partial charge in [0.05, 0.1) is 12.6 Å². The summed E-state index contributed by atoms with van der Waals surface area (Å²) in [6.45, 7) is 5.27. The van der Waals surface area contributed by atoms with Gasteiger partial charge < -0.3 is 20.1 Å². The summed E-state index contributed by atoms with van der Waals surface area (Å²) in [6, 6.07) is -0.0874. The number of likely N-dealkylation sites (tertiary alicyclic amines) is 1. The summed E-state index contributed by atoms with van der Waals surface area (Å²) in [6.07, 6.45) is 3.56. The summed E-state index contributed by atoms with van der Waals surface area (Å²) in [7, 11) is 1.62. The largest absolute Gasteiger partial charge is 0.481 e. The van der Waals surface area contributed by atoms with E-state index in [1.165, 1.54) is 0 Å². The van der Waals surface area contributed by atoms with Gasteiger partial charge in [-0.1, -0.05) is 13.8 Å². The van der Waals surface area contributed by atoms with E-state index in [9.17, 15) is 9.59 Å². The number of aliphatic carboxylic acids is 1. The number of urea groups is 1. The van der Waals surface area contributed by atoms with Crippen LogP contribution in [0.5, 0.6) is 0 Å². The molecule has 1 aliphatic rings. The van der Waals surface area contributed by atoms with Crippen molar-refractivity contribution in [2.24, 2.45) is 5.92 Å². The van der Waals surface area contributed by atoms with Gasteiger partial charge in [-0.15, -0.1) is 0 Å². The van der Waals surface area contributed by atoms with Gasteiger partial charge in [-0.3, -0.25) is 4.79 Å². The molecule has 0 aromatic rings. The van der Waals surface area contributed by atoms with Gasteiger partial charge in [-0.05, 0) is 31.6 Å². The lowest BCUT2D eigenvalue weighted by molar-refractivity contribution is -0.137. The smallest absolute Gasteiger partial charge is 0.317 e. The molecule has 0 saturated carbocycles. The Hall–Kier alpha value is -1.30. The van der Waals surface area contributed by atoms with Gasteiger partial charge in [-0.25, -0.2) is 4.79 Å². The van der Waals surface area contributed by atoms with Gasteiger partial charge in [0, 0.05) is 26.1 Å². The summed E-state index contributed by atoms with van der Waals surface area (Å²) < 4.78 is 5.15. The Labute approximate surface area is 126 Å². The summed E-state index contributed by atoms with van der Waals surface area (Å²) in [5, 5.41) is 11.8. The first-order valence-corrected chi connectivity index (χ1v) is 7.73. The van der Waals surface area contributed by atoms with Crippen molar-refractivity contribution < 1.29 is 19.4 Å². The zero-order chi connectivity index (χ0) is 15.8. The van der Waals surface area contributed by atoms with Crippen LogP contribution in [-0.4, -0.2) is 54.4 Å². The van der Waals surface area contributed by atoms with E-state index in [0.717, 1.165) is 19.3 Å². The van der Waals surface area contributed by atoms with Crippen LogP contribution in [0.25, 0.3) is 0 Å². The van der Waals surface area contributed by atoms with E-state index < -0.39 is 5.97 Å². The fourth-order valence-corrected chi connectivity index (χ4v) is 2.68. The number of nitrogens with zero attached hydrogens (tertiary/aromatic N) is 1. The van der Waals surface area contributed by atoms with Crippen molar-refractivity contribution >= 4 is 12.0 Å². The molecule has 2 amide bonds. The Morgan fingerprint density at radius 3 is 2.67 bits per heavy atom. The van der Waals surface area contributed by atoms with E-state index >= 15 is 0 Å². The highest BCUT2D eigenvalue weighted by molar-refractivity contribution is 5.75. The quantitative estimate of drug-likeness (QED) is 0.754. The second-order valence-corrected chi connectivity index (χ2v) is 6.03. The molecular weight excluding hydrogens is 272 g/mol. The van der Waals surface area contributed by atoms with Crippen LogP contribution in [0.1, 0.15) is 46.0 Å². The maximum atomic E-state index is 12.5. The minimum Gasteiger partial charge on any atom is -0.481 e. The van der Waals surface area contributed by atoms with Crippen molar-refractivity contribution in [3.05, 3.63) is 0 Å². The summed E-state index contributed by atoms with van der Waals surface area (Å²) in [5.41, 5.74) is 0. The number of rotatable bonds is 7. The number of carboxylic acids is 1. The van der Waals surface area contributed by atoms with Crippen molar-refractivity contribution in [2.45, 2.75) is 58.0 Å². The van der Waals surface area contributed by atoms with Gasteiger partial charge in [0.2, 0.25) is 0 Å². The van der Waals surface area contributed by atoms with Crippen molar-refractivity contribution in [3.63, 3.8) is 0 Å². The van der Waals surface area contributed by atoms with Crippen LogP contribution in [0.3, 0.4) is 0 Å². The highest BCUT2D eigenvalue weighted by atomic mass is 16.5. The second kappa shape index (κ2) is 8.87. The van der Waals surface area contributed by atoms with Crippen LogP contribution in [0.4, 0.5) is 4.79 Å². The normalized spacial score (nSPS) is 20.4. The fraction of sp³-hybridized carbons (Fsp3) is 0.867. The van der Waals surface area contributed by atoms with Gasteiger partial charge in [0.25, 0.3) is 0 Å². The lowest BCUT2D eigenvalue weighted by Crippen LogP contribution is -2.53. The highest BCUT2D eigenvalue weighted by Crippen LogP contribution is 2.21. The van der Waals surface area contributed by atoms with E-state index in [2.05, 4.69) is 5.32 Å². The number of hydrogen-bond acceptors (Lipinski definition) is 3. The first-order valence-electron chi connectivity index (χ1n) is 7.73. The highest BCUT2D eigenvalue weighted by Gasteiger charge is 2.28. The van der Waals surface area contributed by atoms with E-state index in [1.807, 2.05) is 13.8 Å². The van der Waals surface area contributed by atoms with Crippen LogP contribution in [-0.2, 0) is 9.53 Å². The molecular formula is C15H28N2O4. The van der Waals surface area contributed by atoms with Gasteiger partial charge in [0.15, 0.2) is 0 Å². The number of ether oxygens (including phenoxy) is 1. The lowest BCUT2D eigenvalue weighted by atomic mass is 9.98. The van der Waals surface area contributed by atoms with Crippen LogP contribution in [0.2, 0.25) is 0 Å².